The van der Waals surface area contributed by atoms with Crippen LogP contribution in [0.4, 0.5) is 4.39 Å². The van der Waals surface area contributed by atoms with Crippen LogP contribution in [0.2, 0.25) is 0 Å². The lowest BCUT2D eigenvalue weighted by atomic mass is 10.1. The molecule has 5 nitrogen and oxygen atoms in total. The molecule has 6 heteroatoms. The highest BCUT2D eigenvalue weighted by Crippen LogP contribution is 2.06. The van der Waals surface area contributed by atoms with Crippen molar-refractivity contribution in [2.24, 2.45) is 0 Å². The van der Waals surface area contributed by atoms with E-state index in [4.69, 9.17) is 0 Å². The van der Waals surface area contributed by atoms with Gasteiger partial charge in [0.25, 0.3) is 0 Å². The van der Waals surface area contributed by atoms with Crippen molar-refractivity contribution < 1.29 is 14.0 Å². The van der Waals surface area contributed by atoms with Crippen LogP contribution in [0.25, 0.3) is 0 Å². The maximum Gasteiger partial charge on any atom is 0.229 e. The van der Waals surface area contributed by atoms with Crippen LogP contribution in [-0.2, 0) is 16.0 Å². The van der Waals surface area contributed by atoms with Gasteiger partial charge in [-0.2, -0.15) is 0 Å². The zero-order valence-corrected chi connectivity index (χ0v) is 12.5. The predicted molar refractivity (Wildman–Crippen MR) is 79.3 cm³/mol. The third-order valence-electron chi connectivity index (χ3n) is 2.88. The van der Waals surface area contributed by atoms with E-state index < -0.39 is 0 Å². The van der Waals surface area contributed by atoms with Crippen molar-refractivity contribution in [1.29, 1.82) is 0 Å². The normalized spacial score (nSPS) is 10.5. The maximum atomic E-state index is 13.3. The van der Waals surface area contributed by atoms with Gasteiger partial charge in [-0.3, -0.25) is 9.59 Å². The Morgan fingerprint density at radius 2 is 1.71 bits per heavy atom. The Labute approximate surface area is 124 Å². The SMILES string of the molecule is CN(C)CCNC(=O)CC(=O)NCCc1ccccc1F. The molecule has 0 aliphatic carbocycles. The number of amides is 2. The van der Waals surface area contributed by atoms with E-state index >= 15 is 0 Å². The van der Waals surface area contributed by atoms with Crippen LogP contribution < -0.4 is 10.6 Å². The van der Waals surface area contributed by atoms with Crippen LogP contribution in [0.15, 0.2) is 24.3 Å². The van der Waals surface area contributed by atoms with Crippen LogP contribution in [0, 0.1) is 5.82 Å². The third-order valence-corrected chi connectivity index (χ3v) is 2.88. The summed E-state index contributed by atoms with van der Waals surface area (Å²) in [5.41, 5.74) is 0.549. The Morgan fingerprint density at radius 3 is 2.33 bits per heavy atom. The molecule has 0 fully saturated rings. The minimum absolute atomic E-state index is 0.204. The first-order valence-electron chi connectivity index (χ1n) is 6.90. The van der Waals surface area contributed by atoms with Crippen LogP contribution in [0.5, 0.6) is 0 Å². The molecule has 1 aromatic rings. The number of benzene rings is 1. The molecule has 0 aliphatic heterocycles. The number of rotatable bonds is 8. The molecule has 0 unspecified atom stereocenters. The van der Waals surface area contributed by atoms with Crippen molar-refractivity contribution in [3.05, 3.63) is 35.6 Å². The topological polar surface area (TPSA) is 61.4 Å². The van der Waals surface area contributed by atoms with Crippen molar-refractivity contribution in [2.75, 3.05) is 33.7 Å². The monoisotopic (exact) mass is 295 g/mol. The molecule has 0 saturated heterocycles. The average molecular weight is 295 g/mol. The van der Waals surface area contributed by atoms with Crippen molar-refractivity contribution >= 4 is 11.8 Å². The standard InChI is InChI=1S/C15H22FN3O2/c1-19(2)10-9-18-15(21)11-14(20)17-8-7-12-5-3-4-6-13(12)16/h3-6H,7-11H2,1-2H3,(H,17,20)(H,18,21). The lowest BCUT2D eigenvalue weighted by molar-refractivity contribution is -0.129. The maximum absolute atomic E-state index is 13.3. The van der Waals surface area contributed by atoms with Gasteiger partial charge in [0.2, 0.25) is 11.8 Å². The third kappa shape index (κ3) is 7.41. The summed E-state index contributed by atoms with van der Waals surface area (Å²) in [6.07, 6.45) is 0.200. The molecule has 1 rings (SSSR count). The van der Waals surface area contributed by atoms with E-state index in [9.17, 15) is 14.0 Å². The first-order chi connectivity index (χ1) is 9.99. The summed E-state index contributed by atoms with van der Waals surface area (Å²) in [5.74, 6) is -0.942. The molecule has 0 aliphatic rings. The lowest BCUT2D eigenvalue weighted by Gasteiger charge is -2.10. The summed E-state index contributed by atoms with van der Waals surface area (Å²) >= 11 is 0. The van der Waals surface area contributed by atoms with Crippen LogP contribution in [-0.4, -0.2) is 50.4 Å². The van der Waals surface area contributed by atoms with E-state index in [1.54, 1.807) is 18.2 Å². The molecule has 21 heavy (non-hydrogen) atoms. The molecule has 0 radical (unpaired) electrons. The molecule has 1 aromatic carbocycles. The number of hydrogen-bond donors (Lipinski definition) is 2. The summed E-state index contributed by atoms with van der Waals surface area (Å²) in [4.78, 5) is 25.0. The molecule has 0 atom stereocenters. The first-order valence-corrected chi connectivity index (χ1v) is 6.90. The summed E-state index contributed by atoms with van der Waals surface area (Å²) in [6, 6.07) is 6.43. The van der Waals surface area contributed by atoms with E-state index in [1.165, 1.54) is 6.07 Å². The number of nitrogens with one attached hydrogen (secondary N) is 2. The highest BCUT2D eigenvalue weighted by atomic mass is 19.1. The van der Waals surface area contributed by atoms with Crippen LogP contribution >= 0.6 is 0 Å². The number of likely N-dealkylation sites (N-methyl/N-ethyl adjacent to an activating group) is 1. The van der Waals surface area contributed by atoms with E-state index in [0.717, 1.165) is 6.54 Å². The van der Waals surface area contributed by atoms with Gasteiger partial charge in [0.05, 0.1) is 0 Å². The van der Waals surface area contributed by atoms with Gasteiger partial charge in [-0.15, -0.1) is 0 Å². The Hall–Kier alpha value is -1.95. The zero-order chi connectivity index (χ0) is 15.7. The van der Waals surface area contributed by atoms with Crippen LogP contribution in [0.1, 0.15) is 12.0 Å². The van der Waals surface area contributed by atoms with Gasteiger partial charge < -0.3 is 15.5 Å². The minimum atomic E-state index is -0.353. The van der Waals surface area contributed by atoms with E-state index in [2.05, 4.69) is 10.6 Å². The largest absolute Gasteiger partial charge is 0.355 e. The fourth-order valence-electron chi connectivity index (χ4n) is 1.73. The summed E-state index contributed by atoms with van der Waals surface area (Å²) < 4.78 is 13.3. The van der Waals surface area contributed by atoms with Crippen molar-refractivity contribution in [1.82, 2.24) is 15.5 Å². The number of hydrogen-bond acceptors (Lipinski definition) is 3. The second kappa shape index (κ2) is 9.07. The van der Waals surface area contributed by atoms with Crippen molar-refractivity contribution in [2.45, 2.75) is 12.8 Å². The number of carbonyl (C=O) groups excluding carboxylic acids is 2. The molecule has 2 N–H and O–H groups in total. The zero-order valence-electron chi connectivity index (χ0n) is 12.5. The fourth-order valence-corrected chi connectivity index (χ4v) is 1.73. The van der Waals surface area contributed by atoms with Crippen molar-refractivity contribution in [3.8, 4) is 0 Å². The predicted octanol–water partition coefficient (Wildman–Crippen LogP) is 0.552. The van der Waals surface area contributed by atoms with E-state index in [1.807, 2.05) is 19.0 Å². The Bertz CT molecular complexity index is 478. The quantitative estimate of drug-likeness (QED) is 0.689. The van der Waals surface area contributed by atoms with Gasteiger partial charge in [-0.05, 0) is 32.1 Å². The molecule has 116 valence electrons. The number of nitrogens with zero attached hydrogens (tertiary/aromatic N) is 1. The van der Waals surface area contributed by atoms with Gasteiger partial charge in [-0.25, -0.2) is 4.39 Å². The Kier molecular flexibility index (Phi) is 7.39. The summed E-state index contributed by atoms with van der Waals surface area (Å²) in [6.45, 7) is 1.54. The molecule has 0 bridgehead atoms. The second-order valence-electron chi connectivity index (χ2n) is 5.02. The number of carbonyl (C=O) groups is 2. The van der Waals surface area contributed by atoms with Crippen molar-refractivity contribution in [3.63, 3.8) is 0 Å². The smallest absolute Gasteiger partial charge is 0.229 e. The minimum Gasteiger partial charge on any atom is -0.355 e. The van der Waals surface area contributed by atoms with Crippen LogP contribution in [0.3, 0.4) is 0 Å². The number of halogens is 1. The lowest BCUT2D eigenvalue weighted by Crippen LogP contribution is -2.35. The highest BCUT2D eigenvalue weighted by molar-refractivity contribution is 5.96. The summed E-state index contributed by atoms with van der Waals surface area (Å²) in [7, 11) is 3.81. The van der Waals surface area contributed by atoms with Gasteiger partial charge >= 0.3 is 0 Å². The highest BCUT2D eigenvalue weighted by Gasteiger charge is 2.09. The van der Waals surface area contributed by atoms with E-state index in [0.29, 0.717) is 25.1 Å². The molecule has 0 saturated carbocycles. The molecule has 2 amide bonds. The van der Waals surface area contributed by atoms with E-state index in [-0.39, 0.29) is 24.1 Å². The first kappa shape index (κ1) is 17.1. The molecule has 0 heterocycles. The molecule has 0 aromatic heterocycles. The molecular formula is C15H22FN3O2. The molecule has 0 spiro atoms. The average Bonchev–Trinajstić information content (AvgIpc) is 2.40. The second-order valence-corrected chi connectivity index (χ2v) is 5.02. The summed E-state index contributed by atoms with van der Waals surface area (Å²) in [5, 5.41) is 5.27. The fraction of sp³-hybridized carbons (Fsp3) is 0.467. The Morgan fingerprint density at radius 1 is 1.10 bits per heavy atom. The van der Waals surface area contributed by atoms with Gasteiger partial charge in [-0.1, -0.05) is 18.2 Å². The van der Waals surface area contributed by atoms with Gasteiger partial charge in [0.1, 0.15) is 12.2 Å². The van der Waals surface area contributed by atoms with Gasteiger partial charge in [0.15, 0.2) is 0 Å². The Balaban J connectivity index is 2.19. The van der Waals surface area contributed by atoms with Gasteiger partial charge in [0, 0.05) is 19.6 Å². The molecular weight excluding hydrogens is 273 g/mol.